The number of nitrogens with one attached hydrogen (secondary N) is 1. The smallest absolute Gasteiger partial charge is 0.339 e. The van der Waals surface area contributed by atoms with E-state index in [1.165, 1.54) is 32.1 Å². The SMILES string of the molecule is CCC1CCCCC1NCCOc1ccccc1C(=O)O. The first-order valence-corrected chi connectivity index (χ1v) is 7.91. The van der Waals surface area contributed by atoms with Gasteiger partial charge in [0.15, 0.2) is 0 Å². The third-order valence-electron chi connectivity index (χ3n) is 4.32. The van der Waals surface area contributed by atoms with Crippen LogP contribution >= 0.6 is 0 Å². The zero-order chi connectivity index (χ0) is 15.1. The fourth-order valence-corrected chi connectivity index (χ4v) is 3.14. The van der Waals surface area contributed by atoms with Crippen LogP contribution in [0.15, 0.2) is 24.3 Å². The second-order valence-corrected chi connectivity index (χ2v) is 5.66. The van der Waals surface area contributed by atoms with Crippen LogP contribution in [0.2, 0.25) is 0 Å². The van der Waals surface area contributed by atoms with Crippen molar-refractivity contribution >= 4 is 5.97 Å². The maximum atomic E-state index is 11.1. The summed E-state index contributed by atoms with van der Waals surface area (Å²) in [6, 6.07) is 7.37. The Morgan fingerprint density at radius 1 is 1.33 bits per heavy atom. The van der Waals surface area contributed by atoms with E-state index in [0.29, 0.717) is 18.4 Å². The van der Waals surface area contributed by atoms with Gasteiger partial charge in [0.1, 0.15) is 17.9 Å². The van der Waals surface area contributed by atoms with Gasteiger partial charge in [0.25, 0.3) is 0 Å². The van der Waals surface area contributed by atoms with Crippen LogP contribution < -0.4 is 10.1 Å². The molecule has 4 nitrogen and oxygen atoms in total. The van der Waals surface area contributed by atoms with Crippen molar-refractivity contribution in [3.8, 4) is 5.75 Å². The molecule has 0 spiro atoms. The number of hydrogen-bond donors (Lipinski definition) is 2. The van der Waals surface area contributed by atoms with Gasteiger partial charge in [-0.1, -0.05) is 38.3 Å². The molecular weight excluding hydrogens is 266 g/mol. The van der Waals surface area contributed by atoms with Gasteiger partial charge < -0.3 is 15.2 Å². The summed E-state index contributed by atoms with van der Waals surface area (Å²) in [5.74, 6) is 0.268. The van der Waals surface area contributed by atoms with Crippen LogP contribution in [0.1, 0.15) is 49.4 Å². The van der Waals surface area contributed by atoms with E-state index in [1.54, 1.807) is 24.3 Å². The van der Waals surface area contributed by atoms with E-state index >= 15 is 0 Å². The van der Waals surface area contributed by atoms with E-state index in [4.69, 9.17) is 9.84 Å². The number of benzene rings is 1. The zero-order valence-corrected chi connectivity index (χ0v) is 12.7. The second-order valence-electron chi connectivity index (χ2n) is 5.66. The number of ether oxygens (including phenoxy) is 1. The third kappa shape index (κ3) is 4.46. The van der Waals surface area contributed by atoms with Crippen LogP contribution in [0.4, 0.5) is 0 Å². The minimum absolute atomic E-state index is 0.224. The lowest BCUT2D eigenvalue weighted by Gasteiger charge is -2.31. The minimum atomic E-state index is -0.947. The van der Waals surface area contributed by atoms with Crippen LogP contribution in [0.25, 0.3) is 0 Å². The molecule has 0 amide bonds. The van der Waals surface area contributed by atoms with E-state index in [0.717, 1.165) is 12.5 Å². The first-order valence-electron chi connectivity index (χ1n) is 7.91. The number of aromatic carboxylic acids is 1. The van der Waals surface area contributed by atoms with E-state index in [-0.39, 0.29) is 5.56 Å². The van der Waals surface area contributed by atoms with Crippen molar-refractivity contribution in [2.45, 2.75) is 45.1 Å². The molecule has 1 fully saturated rings. The Morgan fingerprint density at radius 2 is 2.10 bits per heavy atom. The van der Waals surface area contributed by atoms with E-state index < -0.39 is 5.97 Å². The highest BCUT2D eigenvalue weighted by atomic mass is 16.5. The predicted octanol–water partition coefficient (Wildman–Crippen LogP) is 3.32. The molecule has 2 atom stereocenters. The average Bonchev–Trinajstić information content (AvgIpc) is 2.52. The summed E-state index contributed by atoms with van der Waals surface area (Å²) in [4.78, 5) is 11.1. The first kappa shape index (κ1) is 15.8. The second kappa shape index (κ2) is 8.03. The van der Waals surface area contributed by atoms with Crippen LogP contribution in [0.5, 0.6) is 5.75 Å². The first-order chi connectivity index (χ1) is 10.2. The Balaban J connectivity index is 1.78. The van der Waals surface area contributed by atoms with Crippen LogP contribution in [-0.2, 0) is 0 Å². The highest BCUT2D eigenvalue weighted by molar-refractivity contribution is 5.90. The highest BCUT2D eigenvalue weighted by Crippen LogP contribution is 2.26. The summed E-state index contributed by atoms with van der Waals surface area (Å²) >= 11 is 0. The monoisotopic (exact) mass is 291 g/mol. The van der Waals surface area contributed by atoms with Crippen molar-refractivity contribution in [1.29, 1.82) is 0 Å². The average molecular weight is 291 g/mol. The molecule has 4 heteroatoms. The molecular formula is C17H25NO3. The summed E-state index contributed by atoms with van der Waals surface area (Å²) in [6.07, 6.45) is 6.43. The third-order valence-corrected chi connectivity index (χ3v) is 4.32. The molecule has 0 saturated heterocycles. The van der Waals surface area contributed by atoms with Crippen LogP contribution in [0.3, 0.4) is 0 Å². The van der Waals surface area contributed by atoms with Crippen molar-refractivity contribution in [3.05, 3.63) is 29.8 Å². The van der Waals surface area contributed by atoms with Gasteiger partial charge in [0, 0.05) is 12.6 Å². The van der Waals surface area contributed by atoms with Gasteiger partial charge >= 0.3 is 5.97 Å². The summed E-state index contributed by atoms with van der Waals surface area (Å²) in [7, 11) is 0. The molecule has 2 unspecified atom stereocenters. The molecule has 1 aliphatic carbocycles. The van der Waals surface area contributed by atoms with Gasteiger partial charge in [0.05, 0.1) is 0 Å². The topological polar surface area (TPSA) is 58.6 Å². The van der Waals surface area contributed by atoms with Crippen LogP contribution in [-0.4, -0.2) is 30.3 Å². The van der Waals surface area contributed by atoms with Crippen molar-refractivity contribution in [1.82, 2.24) is 5.32 Å². The van der Waals surface area contributed by atoms with Gasteiger partial charge in [-0.15, -0.1) is 0 Å². The lowest BCUT2D eigenvalue weighted by atomic mass is 9.83. The van der Waals surface area contributed by atoms with Crippen molar-refractivity contribution < 1.29 is 14.6 Å². The summed E-state index contributed by atoms with van der Waals surface area (Å²) in [5, 5.41) is 12.7. The quantitative estimate of drug-likeness (QED) is 0.757. The molecule has 2 rings (SSSR count). The molecule has 2 N–H and O–H groups in total. The molecule has 1 aromatic carbocycles. The van der Waals surface area contributed by atoms with Gasteiger partial charge in [-0.05, 0) is 30.9 Å². The molecule has 0 radical (unpaired) electrons. The molecule has 1 aromatic rings. The Kier molecular flexibility index (Phi) is 6.05. The number of rotatable bonds is 7. The lowest BCUT2D eigenvalue weighted by molar-refractivity contribution is 0.0692. The number of hydrogen-bond acceptors (Lipinski definition) is 3. The Hall–Kier alpha value is -1.55. The summed E-state index contributed by atoms with van der Waals surface area (Å²) in [5.41, 5.74) is 0.224. The summed E-state index contributed by atoms with van der Waals surface area (Å²) in [6.45, 7) is 3.51. The fourth-order valence-electron chi connectivity index (χ4n) is 3.14. The minimum Gasteiger partial charge on any atom is -0.491 e. The van der Waals surface area contributed by atoms with E-state index in [2.05, 4.69) is 12.2 Å². The number of carboxylic acid groups (broad SMARTS) is 1. The summed E-state index contributed by atoms with van der Waals surface area (Å²) < 4.78 is 5.62. The largest absolute Gasteiger partial charge is 0.491 e. The predicted molar refractivity (Wildman–Crippen MR) is 82.9 cm³/mol. The maximum Gasteiger partial charge on any atom is 0.339 e. The Bertz CT molecular complexity index is 461. The van der Waals surface area contributed by atoms with E-state index in [9.17, 15) is 4.79 Å². The Labute approximate surface area is 126 Å². The van der Waals surface area contributed by atoms with Crippen molar-refractivity contribution in [2.75, 3.05) is 13.2 Å². The lowest BCUT2D eigenvalue weighted by Crippen LogP contribution is -2.40. The molecule has 0 aliphatic heterocycles. The van der Waals surface area contributed by atoms with Crippen molar-refractivity contribution in [2.24, 2.45) is 5.92 Å². The number of carboxylic acids is 1. The van der Waals surface area contributed by atoms with Gasteiger partial charge in [-0.3, -0.25) is 0 Å². The standard InChI is InChI=1S/C17H25NO3/c1-2-13-7-3-5-9-15(13)18-11-12-21-16-10-6-4-8-14(16)17(19)20/h4,6,8,10,13,15,18H,2-3,5,7,9,11-12H2,1H3,(H,19,20). The normalized spacial score (nSPS) is 22.0. The molecule has 116 valence electrons. The molecule has 21 heavy (non-hydrogen) atoms. The zero-order valence-electron chi connectivity index (χ0n) is 12.7. The molecule has 0 aromatic heterocycles. The van der Waals surface area contributed by atoms with Crippen LogP contribution in [0, 0.1) is 5.92 Å². The fraction of sp³-hybridized carbons (Fsp3) is 0.588. The van der Waals surface area contributed by atoms with Crippen molar-refractivity contribution in [3.63, 3.8) is 0 Å². The number of carbonyl (C=O) groups is 1. The van der Waals surface area contributed by atoms with Gasteiger partial charge in [0.2, 0.25) is 0 Å². The molecule has 1 saturated carbocycles. The highest BCUT2D eigenvalue weighted by Gasteiger charge is 2.22. The molecule has 1 aliphatic rings. The van der Waals surface area contributed by atoms with Gasteiger partial charge in [-0.25, -0.2) is 4.79 Å². The molecule has 0 heterocycles. The molecule has 0 bridgehead atoms. The Morgan fingerprint density at radius 3 is 2.86 bits per heavy atom. The maximum absolute atomic E-state index is 11.1. The van der Waals surface area contributed by atoms with Gasteiger partial charge in [-0.2, -0.15) is 0 Å². The van der Waals surface area contributed by atoms with E-state index in [1.807, 2.05) is 0 Å². The number of para-hydroxylation sites is 1.